The van der Waals surface area contributed by atoms with Crippen molar-refractivity contribution in [2.45, 2.75) is 50.2 Å². The van der Waals surface area contributed by atoms with Gasteiger partial charge in [-0.3, -0.25) is 4.79 Å². The maximum absolute atomic E-state index is 12.6. The van der Waals surface area contributed by atoms with E-state index in [0.717, 1.165) is 48.1 Å². The van der Waals surface area contributed by atoms with Crippen LogP contribution in [0.1, 0.15) is 43.2 Å². The number of ether oxygens (including phenoxy) is 3. The first-order chi connectivity index (χ1) is 17.5. The molecule has 0 N–H and O–H groups in total. The van der Waals surface area contributed by atoms with E-state index in [1.54, 1.807) is 14.2 Å². The van der Waals surface area contributed by atoms with Gasteiger partial charge in [0.1, 0.15) is 17.2 Å². The SMILES string of the molecule is COc1ccc(-c2cc(-c3ccc(C)cc3)nc(SCC(=O)OC3CCCCC3)c2C#N)cc1OC. The number of benzene rings is 2. The second-order valence-corrected chi connectivity index (χ2v) is 9.79. The molecule has 0 unspecified atom stereocenters. The Kier molecular flexibility index (Phi) is 8.50. The fourth-order valence-electron chi connectivity index (χ4n) is 4.37. The number of hydrogen-bond donors (Lipinski definition) is 0. The monoisotopic (exact) mass is 502 g/mol. The summed E-state index contributed by atoms with van der Waals surface area (Å²) in [6.45, 7) is 2.03. The summed E-state index contributed by atoms with van der Waals surface area (Å²) in [4.78, 5) is 17.4. The highest BCUT2D eigenvalue weighted by Gasteiger charge is 2.21. The number of carbonyl (C=O) groups is 1. The third-order valence-corrected chi connectivity index (χ3v) is 7.27. The molecule has 0 radical (unpaired) electrons. The van der Waals surface area contributed by atoms with E-state index in [-0.39, 0.29) is 17.8 Å². The second kappa shape index (κ2) is 12.0. The molecule has 3 aromatic rings. The molecule has 6 nitrogen and oxygen atoms in total. The van der Waals surface area contributed by atoms with Crippen LogP contribution in [0.2, 0.25) is 0 Å². The van der Waals surface area contributed by atoms with Crippen molar-refractivity contribution < 1.29 is 19.0 Å². The number of nitriles is 1. The van der Waals surface area contributed by atoms with Gasteiger partial charge in [0, 0.05) is 11.1 Å². The predicted octanol–water partition coefficient (Wildman–Crippen LogP) is 6.58. The molecule has 0 saturated heterocycles. The first kappa shape index (κ1) is 25.6. The van der Waals surface area contributed by atoms with E-state index in [1.165, 1.54) is 18.2 Å². The van der Waals surface area contributed by atoms with Crippen molar-refractivity contribution in [1.29, 1.82) is 5.26 Å². The number of carbonyl (C=O) groups excluding carboxylic acids is 1. The molecule has 36 heavy (non-hydrogen) atoms. The molecule has 0 amide bonds. The molecule has 1 aliphatic rings. The number of hydrogen-bond acceptors (Lipinski definition) is 7. The van der Waals surface area contributed by atoms with Crippen molar-refractivity contribution in [3.63, 3.8) is 0 Å². The van der Waals surface area contributed by atoms with Gasteiger partial charge in [0.2, 0.25) is 0 Å². The van der Waals surface area contributed by atoms with Crippen LogP contribution in [0.5, 0.6) is 11.5 Å². The Morgan fingerprint density at radius 3 is 2.36 bits per heavy atom. The molecule has 2 aromatic carbocycles. The van der Waals surface area contributed by atoms with Gasteiger partial charge in [-0.2, -0.15) is 5.26 Å². The number of aromatic nitrogens is 1. The van der Waals surface area contributed by atoms with Gasteiger partial charge in [-0.1, -0.05) is 54.1 Å². The molecule has 7 heteroatoms. The Bertz CT molecular complexity index is 1260. The Hall–Kier alpha value is -3.50. The van der Waals surface area contributed by atoms with Crippen LogP contribution in [0, 0.1) is 18.3 Å². The highest BCUT2D eigenvalue weighted by atomic mass is 32.2. The summed E-state index contributed by atoms with van der Waals surface area (Å²) in [6, 6.07) is 17.8. The van der Waals surface area contributed by atoms with Crippen molar-refractivity contribution in [2.24, 2.45) is 0 Å². The van der Waals surface area contributed by atoms with Crippen molar-refractivity contribution in [2.75, 3.05) is 20.0 Å². The standard InChI is InChI=1S/C29H30N2O4S/c1-19-9-11-20(12-10-19)25-16-23(21-13-14-26(33-2)27(15-21)34-3)24(17-30)29(31-25)36-18-28(32)35-22-7-5-4-6-8-22/h9-16,22H,4-8,18H2,1-3H3. The molecular formula is C29H30N2O4S. The van der Waals surface area contributed by atoms with Gasteiger partial charge in [-0.05, 0) is 56.4 Å². The molecule has 1 aromatic heterocycles. The molecule has 1 saturated carbocycles. The highest BCUT2D eigenvalue weighted by Crippen LogP contribution is 2.38. The lowest BCUT2D eigenvalue weighted by atomic mass is 9.98. The number of methoxy groups -OCH3 is 2. The van der Waals surface area contributed by atoms with E-state index in [9.17, 15) is 10.1 Å². The van der Waals surface area contributed by atoms with E-state index in [4.69, 9.17) is 19.2 Å². The predicted molar refractivity (Wildman–Crippen MR) is 141 cm³/mol. The molecule has 1 heterocycles. The molecule has 0 bridgehead atoms. The maximum Gasteiger partial charge on any atom is 0.316 e. The lowest BCUT2D eigenvalue weighted by Crippen LogP contribution is -2.22. The summed E-state index contributed by atoms with van der Waals surface area (Å²) in [5, 5.41) is 10.6. The largest absolute Gasteiger partial charge is 0.493 e. The van der Waals surface area contributed by atoms with Crippen LogP contribution in [0.4, 0.5) is 0 Å². The van der Waals surface area contributed by atoms with Crippen molar-refractivity contribution in [3.8, 4) is 40.0 Å². The lowest BCUT2D eigenvalue weighted by molar-refractivity contribution is -0.147. The zero-order valence-electron chi connectivity index (χ0n) is 20.9. The Labute approximate surface area is 216 Å². The number of nitrogens with zero attached hydrogens (tertiary/aromatic N) is 2. The number of esters is 1. The first-order valence-corrected chi connectivity index (χ1v) is 13.1. The molecule has 0 atom stereocenters. The average Bonchev–Trinajstić information content (AvgIpc) is 2.92. The topological polar surface area (TPSA) is 81.4 Å². The van der Waals surface area contributed by atoms with Crippen LogP contribution in [0.3, 0.4) is 0 Å². The second-order valence-electron chi connectivity index (χ2n) is 8.82. The average molecular weight is 503 g/mol. The van der Waals surface area contributed by atoms with E-state index < -0.39 is 0 Å². The molecule has 4 rings (SSSR count). The minimum Gasteiger partial charge on any atom is -0.493 e. The molecule has 0 aliphatic heterocycles. The molecular weight excluding hydrogens is 472 g/mol. The summed E-state index contributed by atoms with van der Waals surface area (Å²) in [5.41, 5.74) is 4.72. The molecule has 0 spiro atoms. The van der Waals surface area contributed by atoms with E-state index in [0.29, 0.717) is 27.7 Å². The zero-order valence-corrected chi connectivity index (χ0v) is 21.7. The smallest absolute Gasteiger partial charge is 0.316 e. The maximum atomic E-state index is 12.6. The van der Waals surface area contributed by atoms with Gasteiger partial charge in [0.25, 0.3) is 0 Å². The molecule has 1 fully saturated rings. The lowest BCUT2D eigenvalue weighted by Gasteiger charge is -2.21. The summed E-state index contributed by atoms with van der Waals surface area (Å²) in [5.74, 6) is 0.998. The van der Waals surface area contributed by atoms with Crippen molar-refractivity contribution in [1.82, 2.24) is 4.98 Å². The van der Waals surface area contributed by atoms with Gasteiger partial charge in [0.15, 0.2) is 11.5 Å². The number of pyridine rings is 1. The van der Waals surface area contributed by atoms with Crippen LogP contribution < -0.4 is 9.47 Å². The summed E-state index contributed by atoms with van der Waals surface area (Å²) >= 11 is 1.24. The summed E-state index contributed by atoms with van der Waals surface area (Å²) in [7, 11) is 3.16. The van der Waals surface area contributed by atoms with Gasteiger partial charge in [-0.25, -0.2) is 4.98 Å². The highest BCUT2D eigenvalue weighted by molar-refractivity contribution is 7.99. The number of rotatable bonds is 8. The van der Waals surface area contributed by atoms with Gasteiger partial charge in [-0.15, -0.1) is 0 Å². The van der Waals surface area contributed by atoms with Gasteiger partial charge >= 0.3 is 5.97 Å². The van der Waals surface area contributed by atoms with Crippen LogP contribution in [0.25, 0.3) is 22.4 Å². The third-order valence-electron chi connectivity index (χ3n) is 6.32. The fraction of sp³-hybridized carbons (Fsp3) is 0.345. The summed E-state index contributed by atoms with van der Waals surface area (Å²) < 4.78 is 16.6. The number of thioether (sulfide) groups is 1. The van der Waals surface area contributed by atoms with Gasteiger partial charge in [0.05, 0.1) is 31.2 Å². The van der Waals surface area contributed by atoms with Crippen LogP contribution in [0.15, 0.2) is 53.6 Å². The quantitative estimate of drug-likeness (QED) is 0.254. The van der Waals surface area contributed by atoms with Crippen LogP contribution in [-0.2, 0) is 9.53 Å². The zero-order chi connectivity index (χ0) is 25.5. The Balaban J connectivity index is 1.71. The minimum absolute atomic E-state index is 0.00327. The van der Waals surface area contributed by atoms with Gasteiger partial charge < -0.3 is 14.2 Å². The minimum atomic E-state index is -0.272. The van der Waals surface area contributed by atoms with Crippen LogP contribution >= 0.6 is 11.8 Å². The summed E-state index contributed by atoms with van der Waals surface area (Å²) in [6.07, 6.45) is 5.23. The Morgan fingerprint density at radius 1 is 1.00 bits per heavy atom. The number of aryl methyl sites for hydroxylation is 1. The Morgan fingerprint density at radius 2 is 1.69 bits per heavy atom. The normalized spacial score (nSPS) is 13.6. The van der Waals surface area contributed by atoms with E-state index >= 15 is 0 Å². The molecule has 186 valence electrons. The first-order valence-electron chi connectivity index (χ1n) is 12.1. The third kappa shape index (κ3) is 6.00. The van der Waals surface area contributed by atoms with Crippen LogP contribution in [-0.4, -0.2) is 37.0 Å². The van der Waals surface area contributed by atoms with E-state index in [1.807, 2.05) is 55.5 Å². The van der Waals surface area contributed by atoms with Crippen molar-refractivity contribution >= 4 is 17.7 Å². The van der Waals surface area contributed by atoms with Crippen molar-refractivity contribution in [3.05, 3.63) is 59.7 Å². The fourth-order valence-corrected chi connectivity index (χ4v) is 5.15. The van der Waals surface area contributed by atoms with E-state index in [2.05, 4.69) is 6.07 Å². The molecule has 1 aliphatic carbocycles.